The Morgan fingerprint density at radius 2 is 1.86 bits per heavy atom. The van der Waals surface area contributed by atoms with E-state index in [1.807, 2.05) is 23.7 Å². The molecule has 0 bridgehead atoms. The van der Waals surface area contributed by atoms with E-state index < -0.39 is 11.2 Å². The van der Waals surface area contributed by atoms with Gasteiger partial charge in [0.15, 0.2) is 16.8 Å². The lowest BCUT2D eigenvalue weighted by atomic mass is 10.1. The summed E-state index contributed by atoms with van der Waals surface area (Å²) >= 11 is 7.25. The molecule has 7 nitrogen and oxygen atoms in total. The number of hydrogen-bond donors (Lipinski definition) is 1. The molecule has 0 fully saturated rings. The van der Waals surface area contributed by atoms with Crippen molar-refractivity contribution in [2.45, 2.75) is 31.2 Å². The van der Waals surface area contributed by atoms with Crippen LogP contribution in [0.4, 0.5) is 0 Å². The number of hydrogen-bond acceptors (Lipinski definition) is 6. The van der Waals surface area contributed by atoms with Crippen LogP contribution >= 0.6 is 23.4 Å². The first-order valence-electron chi connectivity index (χ1n) is 8.88. The van der Waals surface area contributed by atoms with Gasteiger partial charge in [0, 0.05) is 23.3 Å². The van der Waals surface area contributed by atoms with Gasteiger partial charge in [-0.05, 0) is 50.6 Å². The standard InChI is InChI=1S/C20H21ClN4O3S/c1-10-15(19(27)28-5)11(2)22-16(10)17(26)12(3)29-20-24-23-18(25(20)4)13-6-8-14(21)9-7-13/h6-9,12,22H,1-5H3. The number of benzene rings is 1. The maximum Gasteiger partial charge on any atom is 0.339 e. The van der Waals surface area contributed by atoms with Crippen molar-refractivity contribution < 1.29 is 14.3 Å². The van der Waals surface area contributed by atoms with E-state index in [0.29, 0.717) is 38.5 Å². The summed E-state index contributed by atoms with van der Waals surface area (Å²) in [7, 11) is 3.17. The first-order valence-corrected chi connectivity index (χ1v) is 10.1. The molecule has 2 heterocycles. The molecule has 3 rings (SSSR count). The molecular weight excluding hydrogens is 412 g/mol. The van der Waals surface area contributed by atoms with Crippen molar-refractivity contribution in [3.05, 3.63) is 51.8 Å². The zero-order valence-electron chi connectivity index (χ0n) is 16.7. The Morgan fingerprint density at radius 1 is 1.21 bits per heavy atom. The molecule has 3 aromatic rings. The van der Waals surface area contributed by atoms with Crippen molar-refractivity contribution in [3.63, 3.8) is 0 Å². The number of H-pyrrole nitrogens is 1. The summed E-state index contributed by atoms with van der Waals surface area (Å²) in [6, 6.07) is 7.32. The number of carbonyl (C=O) groups is 2. The molecule has 1 aromatic carbocycles. The summed E-state index contributed by atoms with van der Waals surface area (Å²) in [4.78, 5) is 28.0. The summed E-state index contributed by atoms with van der Waals surface area (Å²) < 4.78 is 6.65. The SMILES string of the molecule is COC(=O)c1c(C)[nH]c(C(=O)C(C)Sc2nnc(-c3ccc(Cl)cc3)n2C)c1C. The van der Waals surface area contributed by atoms with Crippen molar-refractivity contribution in [2.24, 2.45) is 7.05 Å². The summed E-state index contributed by atoms with van der Waals surface area (Å²) in [5, 5.41) is 9.29. The normalized spacial score (nSPS) is 12.1. The van der Waals surface area contributed by atoms with Crippen LogP contribution < -0.4 is 0 Å². The van der Waals surface area contributed by atoms with Gasteiger partial charge >= 0.3 is 5.97 Å². The molecule has 0 amide bonds. The predicted molar refractivity (Wildman–Crippen MR) is 113 cm³/mol. The number of carbonyl (C=O) groups excluding carboxylic acids is 2. The quantitative estimate of drug-likeness (QED) is 0.356. The molecule has 0 spiro atoms. The summed E-state index contributed by atoms with van der Waals surface area (Å²) in [5.74, 6) is 0.0991. The second-order valence-corrected chi connectivity index (χ2v) is 8.36. The first kappa shape index (κ1) is 21.1. The Labute approximate surface area is 177 Å². The molecule has 0 aliphatic carbocycles. The van der Waals surface area contributed by atoms with Gasteiger partial charge in [-0.3, -0.25) is 4.79 Å². The minimum Gasteiger partial charge on any atom is -0.465 e. The fraction of sp³-hybridized carbons (Fsp3) is 0.300. The van der Waals surface area contributed by atoms with Gasteiger partial charge in [0.05, 0.1) is 23.6 Å². The number of halogens is 1. The van der Waals surface area contributed by atoms with Crippen LogP contribution in [0.25, 0.3) is 11.4 Å². The van der Waals surface area contributed by atoms with E-state index in [4.69, 9.17) is 16.3 Å². The van der Waals surface area contributed by atoms with Crippen LogP contribution in [0.3, 0.4) is 0 Å². The van der Waals surface area contributed by atoms with Gasteiger partial charge in [0.1, 0.15) is 0 Å². The van der Waals surface area contributed by atoms with Gasteiger partial charge in [-0.2, -0.15) is 0 Å². The average molecular weight is 433 g/mol. The molecule has 0 saturated heterocycles. The second kappa shape index (κ2) is 8.42. The number of nitrogens with one attached hydrogen (secondary N) is 1. The topological polar surface area (TPSA) is 89.9 Å². The van der Waals surface area contributed by atoms with Crippen molar-refractivity contribution in [1.82, 2.24) is 19.7 Å². The van der Waals surface area contributed by atoms with Crippen LogP contribution in [-0.2, 0) is 11.8 Å². The van der Waals surface area contributed by atoms with E-state index in [-0.39, 0.29) is 5.78 Å². The molecule has 0 radical (unpaired) electrons. The van der Waals surface area contributed by atoms with E-state index in [9.17, 15) is 9.59 Å². The minimum atomic E-state index is -0.462. The molecule has 1 N–H and O–H groups in total. The highest BCUT2D eigenvalue weighted by Gasteiger charge is 2.27. The zero-order valence-corrected chi connectivity index (χ0v) is 18.3. The third-order valence-corrected chi connectivity index (χ3v) is 6.05. The van der Waals surface area contributed by atoms with E-state index in [0.717, 1.165) is 5.56 Å². The lowest BCUT2D eigenvalue weighted by molar-refractivity contribution is 0.0599. The van der Waals surface area contributed by atoms with Gasteiger partial charge < -0.3 is 14.3 Å². The van der Waals surface area contributed by atoms with Crippen LogP contribution in [0.2, 0.25) is 5.02 Å². The molecule has 1 unspecified atom stereocenters. The van der Waals surface area contributed by atoms with E-state index >= 15 is 0 Å². The number of esters is 1. The lowest BCUT2D eigenvalue weighted by Gasteiger charge is -2.10. The highest BCUT2D eigenvalue weighted by Crippen LogP contribution is 2.29. The fourth-order valence-electron chi connectivity index (χ4n) is 3.09. The number of methoxy groups -OCH3 is 1. The van der Waals surface area contributed by atoms with Crippen molar-refractivity contribution in [3.8, 4) is 11.4 Å². The Kier molecular flexibility index (Phi) is 6.14. The number of rotatable bonds is 6. The Bertz CT molecular complexity index is 1070. The van der Waals surface area contributed by atoms with Crippen molar-refractivity contribution in [1.29, 1.82) is 0 Å². The molecule has 1 atom stereocenters. The van der Waals surface area contributed by atoms with Crippen LogP contribution in [0, 0.1) is 13.8 Å². The third-order valence-electron chi connectivity index (χ3n) is 4.66. The Hall–Kier alpha value is -2.58. The number of thioether (sulfide) groups is 1. The smallest absolute Gasteiger partial charge is 0.339 e. The number of nitrogens with zero attached hydrogens (tertiary/aromatic N) is 3. The molecule has 2 aromatic heterocycles. The molecule has 9 heteroatoms. The number of aryl methyl sites for hydroxylation is 1. The highest BCUT2D eigenvalue weighted by atomic mass is 35.5. The zero-order chi connectivity index (χ0) is 21.3. The predicted octanol–water partition coefficient (Wildman–Crippen LogP) is 4.23. The Morgan fingerprint density at radius 3 is 2.48 bits per heavy atom. The monoisotopic (exact) mass is 432 g/mol. The Balaban J connectivity index is 1.82. The molecule has 0 aliphatic rings. The van der Waals surface area contributed by atoms with Gasteiger partial charge in [-0.1, -0.05) is 23.4 Å². The second-order valence-electron chi connectivity index (χ2n) is 6.61. The van der Waals surface area contributed by atoms with Gasteiger partial charge in [0.25, 0.3) is 0 Å². The van der Waals surface area contributed by atoms with Gasteiger partial charge in [-0.25, -0.2) is 4.79 Å². The maximum atomic E-state index is 13.0. The third kappa shape index (κ3) is 4.09. The highest BCUT2D eigenvalue weighted by molar-refractivity contribution is 8.00. The molecular formula is C20H21ClN4O3S. The molecule has 0 aliphatic heterocycles. The summed E-state index contributed by atoms with van der Waals surface area (Å²) in [5.41, 5.74) is 2.89. The van der Waals surface area contributed by atoms with Gasteiger partial charge in [-0.15, -0.1) is 10.2 Å². The lowest BCUT2D eigenvalue weighted by Crippen LogP contribution is -2.16. The van der Waals surface area contributed by atoms with Crippen LogP contribution in [0.5, 0.6) is 0 Å². The summed E-state index contributed by atoms with van der Waals surface area (Å²) in [6.07, 6.45) is 0. The fourth-order valence-corrected chi connectivity index (χ4v) is 4.09. The molecule has 29 heavy (non-hydrogen) atoms. The van der Waals surface area contributed by atoms with E-state index in [1.165, 1.54) is 18.9 Å². The number of aromatic nitrogens is 4. The first-order chi connectivity index (χ1) is 13.7. The van der Waals surface area contributed by atoms with E-state index in [1.54, 1.807) is 32.9 Å². The van der Waals surface area contributed by atoms with Crippen LogP contribution in [0.1, 0.15) is 39.0 Å². The average Bonchev–Trinajstić information content (AvgIpc) is 3.20. The summed E-state index contributed by atoms with van der Waals surface area (Å²) in [6.45, 7) is 5.29. The van der Waals surface area contributed by atoms with Crippen LogP contribution in [-0.4, -0.2) is 43.9 Å². The number of ether oxygens (including phenoxy) is 1. The number of Topliss-reactive ketones (excluding diaryl/α,β-unsaturated/α-hetero) is 1. The number of aromatic amines is 1. The molecule has 152 valence electrons. The minimum absolute atomic E-state index is 0.123. The maximum absolute atomic E-state index is 13.0. The van der Waals surface area contributed by atoms with Crippen molar-refractivity contribution >= 4 is 35.1 Å². The number of ketones is 1. The van der Waals surface area contributed by atoms with E-state index in [2.05, 4.69) is 15.2 Å². The van der Waals surface area contributed by atoms with Crippen molar-refractivity contribution in [2.75, 3.05) is 7.11 Å². The molecule has 0 saturated carbocycles. The van der Waals surface area contributed by atoms with Gasteiger partial charge in [0.2, 0.25) is 0 Å². The largest absolute Gasteiger partial charge is 0.465 e. The van der Waals surface area contributed by atoms with Crippen LogP contribution in [0.15, 0.2) is 29.4 Å².